The summed E-state index contributed by atoms with van der Waals surface area (Å²) in [6.45, 7) is 3.90. The fourth-order valence-electron chi connectivity index (χ4n) is 3.14. The lowest BCUT2D eigenvalue weighted by Gasteiger charge is -2.33. The second-order valence-electron chi connectivity index (χ2n) is 6.39. The number of piperidine rings is 1. The smallest absolute Gasteiger partial charge is 0.281 e. The van der Waals surface area contributed by atoms with Crippen LogP contribution in [0.4, 0.5) is 0 Å². The fraction of sp³-hybridized carbons (Fsp3) is 0.667. The van der Waals surface area contributed by atoms with Crippen LogP contribution in [0.5, 0.6) is 0 Å². The van der Waals surface area contributed by atoms with Crippen LogP contribution in [0.1, 0.15) is 37.3 Å². The van der Waals surface area contributed by atoms with E-state index in [1.807, 2.05) is 29.3 Å². The van der Waals surface area contributed by atoms with Crippen molar-refractivity contribution >= 4 is 10.2 Å². The first-order valence-electron chi connectivity index (χ1n) is 8.48. The zero-order valence-electron chi connectivity index (χ0n) is 14.9. The third-order valence-corrected chi connectivity index (χ3v) is 6.83. The summed E-state index contributed by atoms with van der Waals surface area (Å²) in [6.07, 6.45) is 7.09. The molecule has 2 aromatic rings. The van der Waals surface area contributed by atoms with Crippen molar-refractivity contribution in [2.24, 2.45) is 7.05 Å². The van der Waals surface area contributed by atoms with Gasteiger partial charge in [0, 0.05) is 52.0 Å². The molecular weight excluding hydrogens is 342 g/mol. The summed E-state index contributed by atoms with van der Waals surface area (Å²) in [5.74, 6) is 1.73. The Morgan fingerprint density at radius 3 is 2.84 bits per heavy atom. The molecule has 9 nitrogen and oxygen atoms in total. The monoisotopic (exact) mass is 367 g/mol. The Hall–Kier alpha value is -1.78. The molecule has 2 aromatic heterocycles. The average Bonchev–Trinajstić information content (AvgIpc) is 3.25. The third kappa shape index (κ3) is 3.60. The highest BCUT2D eigenvalue weighted by atomic mass is 32.2. The van der Waals surface area contributed by atoms with E-state index in [9.17, 15) is 8.42 Å². The lowest BCUT2D eigenvalue weighted by molar-refractivity contribution is 0.286. The molecule has 0 amide bonds. The predicted octanol–water partition coefficient (Wildman–Crippen LogP) is 0.436. The third-order valence-electron chi connectivity index (χ3n) is 4.80. The van der Waals surface area contributed by atoms with Gasteiger partial charge in [-0.05, 0) is 12.8 Å². The summed E-state index contributed by atoms with van der Waals surface area (Å²) in [6, 6.07) is 0. The number of hydrogen-bond donors (Lipinski definition) is 0. The lowest BCUT2D eigenvalue weighted by atomic mass is 9.99. The van der Waals surface area contributed by atoms with Crippen LogP contribution in [0.25, 0.3) is 0 Å². The Labute approximate surface area is 148 Å². The Morgan fingerprint density at radius 1 is 1.36 bits per heavy atom. The minimum atomic E-state index is -3.40. The van der Waals surface area contributed by atoms with Gasteiger partial charge in [-0.3, -0.25) is 0 Å². The molecule has 0 bridgehead atoms. The summed E-state index contributed by atoms with van der Waals surface area (Å²) in [4.78, 5) is 4.03. The van der Waals surface area contributed by atoms with E-state index in [-0.39, 0.29) is 5.92 Å². The highest BCUT2D eigenvalue weighted by Gasteiger charge is 2.33. The van der Waals surface area contributed by atoms with Gasteiger partial charge in [-0.25, -0.2) is 4.98 Å². The summed E-state index contributed by atoms with van der Waals surface area (Å²) in [7, 11) is 0.150. The Bertz CT molecular complexity index is 800. The molecule has 0 aromatic carbocycles. The molecule has 1 atom stereocenters. The summed E-state index contributed by atoms with van der Waals surface area (Å²) >= 11 is 0. The van der Waals surface area contributed by atoms with E-state index in [0.717, 1.165) is 24.5 Å². The molecule has 3 rings (SSSR count). The van der Waals surface area contributed by atoms with Crippen LogP contribution in [0, 0.1) is 0 Å². The molecule has 138 valence electrons. The van der Waals surface area contributed by atoms with Crippen LogP contribution < -0.4 is 0 Å². The summed E-state index contributed by atoms with van der Waals surface area (Å²) in [5.41, 5.74) is 0. The zero-order chi connectivity index (χ0) is 18.0. The van der Waals surface area contributed by atoms with Crippen molar-refractivity contribution in [3.05, 3.63) is 30.4 Å². The number of imidazole rings is 1. The van der Waals surface area contributed by atoms with Gasteiger partial charge in [0.1, 0.15) is 5.82 Å². The van der Waals surface area contributed by atoms with Crippen molar-refractivity contribution in [2.45, 2.75) is 32.2 Å². The molecule has 10 heteroatoms. The second-order valence-corrected chi connectivity index (χ2v) is 8.42. The van der Waals surface area contributed by atoms with Crippen molar-refractivity contribution in [3.63, 3.8) is 0 Å². The van der Waals surface area contributed by atoms with Gasteiger partial charge < -0.3 is 9.13 Å². The maximum Gasteiger partial charge on any atom is 0.281 e. The molecule has 1 aliphatic rings. The predicted molar refractivity (Wildman–Crippen MR) is 93.1 cm³/mol. The normalized spacial score (nSPS) is 19.6. The van der Waals surface area contributed by atoms with E-state index < -0.39 is 10.2 Å². The standard InChI is InChI=1S/C15H25N7O2S/c1-4-19(2)25(23,24)22-8-5-6-13(10-22)15-18-17-14(20(15)3)11-21-9-7-16-12-21/h7,9,12-13H,4-6,8,10-11H2,1-3H3. The number of aromatic nitrogens is 5. The molecular formula is C15H25N7O2S. The lowest BCUT2D eigenvalue weighted by Crippen LogP contribution is -2.46. The number of hydrogen-bond acceptors (Lipinski definition) is 5. The molecule has 25 heavy (non-hydrogen) atoms. The van der Waals surface area contributed by atoms with E-state index in [0.29, 0.717) is 26.2 Å². The maximum atomic E-state index is 12.6. The first-order chi connectivity index (χ1) is 11.9. The maximum absolute atomic E-state index is 12.6. The van der Waals surface area contributed by atoms with Crippen LogP contribution in [0.15, 0.2) is 18.7 Å². The van der Waals surface area contributed by atoms with E-state index in [2.05, 4.69) is 15.2 Å². The number of nitrogens with zero attached hydrogens (tertiary/aromatic N) is 7. The van der Waals surface area contributed by atoms with E-state index in [4.69, 9.17) is 0 Å². The molecule has 0 radical (unpaired) electrons. The van der Waals surface area contributed by atoms with Gasteiger partial charge in [-0.15, -0.1) is 10.2 Å². The molecule has 1 unspecified atom stereocenters. The number of rotatable bonds is 6. The van der Waals surface area contributed by atoms with Gasteiger partial charge >= 0.3 is 0 Å². The van der Waals surface area contributed by atoms with Crippen molar-refractivity contribution in [3.8, 4) is 0 Å². The zero-order valence-corrected chi connectivity index (χ0v) is 15.7. The fourth-order valence-corrected chi connectivity index (χ4v) is 4.58. The summed E-state index contributed by atoms with van der Waals surface area (Å²) < 4.78 is 32.0. The van der Waals surface area contributed by atoms with Crippen molar-refractivity contribution in [1.29, 1.82) is 0 Å². The molecule has 0 saturated carbocycles. The van der Waals surface area contributed by atoms with Gasteiger partial charge in [-0.1, -0.05) is 6.92 Å². The molecule has 1 aliphatic heterocycles. The molecule has 0 aliphatic carbocycles. The van der Waals surface area contributed by atoms with Gasteiger partial charge in [0.15, 0.2) is 5.82 Å². The SMILES string of the molecule is CCN(C)S(=O)(=O)N1CCCC(c2nnc(Cn3ccnc3)n2C)C1. The van der Waals surface area contributed by atoms with Crippen LogP contribution in [-0.4, -0.2) is 68.0 Å². The van der Waals surface area contributed by atoms with E-state index in [1.165, 1.54) is 4.31 Å². The average molecular weight is 367 g/mol. The topological polar surface area (TPSA) is 89.2 Å². The van der Waals surface area contributed by atoms with Gasteiger partial charge in [0.2, 0.25) is 0 Å². The summed E-state index contributed by atoms with van der Waals surface area (Å²) in [5, 5.41) is 8.64. The van der Waals surface area contributed by atoms with Gasteiger partial charge in [0.05, 0.1) is 12.9 Å². The van der Waals surface area contributed by atoms with Crippen molar-refractivity contribution in [2.75, 3.05) is 26.7 Å². The van der Waals surface area contributed by atoms with Crippen LogP contribution in [-0.2, 0) is 23.8 Å². The first-order valence-corrected chi connectivity index (χ1v) is 9.88. The molecule has 0 spiro atoms. The molecule has 1 fully saturated rings. The van der Waals surface area contributed by atoms with E-state index >= 15 is 0 Å². The van der Waals surface area contributed by atoms with E-state index in [1.54, 1.807) is 23.9 Å². The van der Waals surface area contributed by atoms with Crippen molar-refractivity contribution in [1.82, 2.24) is 32.9 Å². The first kappa shape index (κ1) is 18.0. The minimum Gasteiger partial charge on any atom is -0.330 e. The highest BCUT2D eigenvalue weighted by Crippen LogP contribution is 2.28. The highest BCUT2D eigenvalue weighted by molar-refractivity contribution is 7.86. The Kier molecular flexibility index (Phi) is 5.21. The van der Waals surface area contributed by atoms with Gasteiger partial charge in [-0.2, -0.15) is 17.0 Å². The molecule has 3 heterocycles. The quantitative estimate of drug-likeness (QED) is 0.739. The Morgan fingerprint density at radius 2 is 2.16 bits per heavy atom. The van der Waals surface area contributed by atoms with Crippen molar-refractivity contribution < 1.29 is 8.42 Å². The van der Waals surface area contributed by atoms with Gasteiger partial charge in [0.25, 0.3) is 10.2 Å². The largest absolute Gasteiger partial charge is 0.330 e. The molecule has 0 N–H and O–H groups in total. The van der Waals surface area contributed by atoms with Crippen LogP contribution in [0.2, 0.25) is 0 Å². The van der Waals surface area contributed by atoms with Crippen LogP contribution >= 0.6 is 0 Å². The minimum absolute atomic E-state index is 0.0582. The second kappa shape index (κ2) is 7.22. The molecule has 1 saturated heterocycles. The Balaban J connectivity index is 1.77. The van der Waals surface area contributed by atoms with Crippen LogP contribution in [0.3, 0.4) is 0 Å².